The SMILES string of the molecule is CNC(=O)NCc1ccccc1C#CCO. The van der Waals surface area contributed by atoms with Crippen molar-refractivity contribution in [3.05, 3.63) is 35.4 Å². The quantitative estimate of drug-likeness (QED) is 0.631. The lowest BCUT2D eigenvalue weighted by molar-refractivity contribution is 0.242. The minimum absolute atomic E-state index is 0.169. The molecule has 1 aromatic rings. The molecule has 0 radical (unpaired) electrons. The van der Waals surface area contributed by atoms with E-state index in [1.807, 2.05) is 24.3 Å². The van der Waals surface area contributed by atoms with Crippen molar-refractivity contribution < 1.29 is 9.90 Å². The van der Waals surface area contributed by atoms with Crippen molar-refractivity contribution in [2.75, 3.05) is 13.7 Å². The molecule has 0 bridgehead atoms. The van der Waals surface area contributed by atoms with Gasteiger partial charge in [-0.15, -0.1) is 0 Å². The number of benzene rings is 1. The summed E-state index contributed by atoms with van der Waals surface area (Å²) in [6.07, 6.45) is 0. The van der Waals surface area contributed by atoms with Crippen LogP contribution in [0.25, 0.3) is 0 Å². The average Bonchev–Trinajstić information content (AvgIpc) is 2.34. The van der Waals surface area contributed by atoms with Gasteiger partial charge < -0.3 is 15.7 Å². The molecule has 2 amide bonds. The maximum atomic E-state index is 11.0. The molecule has 0 aliphatic carbocycles. The first-order valence-electron chi connectivity index (χ1n) is 4.91. The summed E-state index contributed by atoms with van der Waals surface area (Å²) in [5, 5.41) is 13.8. The fourth-order valence-electron chi connectivity index (χ4n) is 1.20. The molecule has 0 atom stereocenters. The molecular weight excluding hydrogens is 204 g/mol. The molecule has 0 heterocycles. The third-order valence-corrected chi connectivity index (χ3v) is 1.99. The molecule has 0 aliphatic heterocycles. The fourth-order valence-corrected chi connectivity index (χ4v) is 1.20. The van der Waals surface area contributed by atoms with Crippen molar-refractivity contribution in [2.45, 2.75) is 6.54 Å². The van der Waals surface area contributed by atoms with Gasteiger partial charge in [0.05, 0.1) is 0 Å². The van der Waals surface area contributed by atoms with Crippen LogP contribution in [0.2, 0.25) is 0 Å². The van der Waals surface area contributed by atoms with Crippen LogP contribution in [0.1, 0.15) is 11.1 Å². The Kier molecular flexibility index (Phi) is 4.90. The third kappa shape index (κ3) is 3.64. The number of nitrogens with one attached hydrogen (secondary N) is 2. The Morgan fingerprint density at radius 2 is 2.19 bits per heavy atom. The number of hydrogen-bond acceptors (Lipinski definition) is 2. The molecule has 84 valence electrons. The zero-order valence-corrected chi connectivity index (χ0v) is 9.08. The van der Waals surface area contributed by atoms with Gasteiger partial charge in [0.2, 0.25) is 0 Å². The van der Waals surface area contributed by atoms with E-state index in [1.54, 1.807) is 7.05 Å². The van der Waals surface area contributed by atoms with Crippen molar-refractivity contribution in [2.24, 2.45) is 0 Å². The Hall–Kier alpha value is -1.99. The summed E-state index contributed by atoms with van der Waals surface area (Å²) in [6, 6.07) is 7.25. The van der Waals surface area contributed by atoms with E-state index in [1.165, 1.54) is 0 Å². The highest BCUT2D eigenvalue weighted by Crippen LogP contribution is 2.06. The summed E-state index contributed by atoms with van der Waals surface area (Å²) in [5.41, 5.74) is 1.74. The average molecular weight is 218 g/mol. The Bertz CT molecular complexity index is 419. The van der Waals surface area contributed by atoms with Crippen LogP contribution in [0.3, 0.4) is 0 Å². The minimum atomic E-state index is -0.232. The zero-order chi connectivity index (χ0) is 11.8. The molecule has 0 unspecified atom stereocenters. The van der Waals surface area contributed by atoms with Gasteiger partial charge in [-0.2, -0.15) is 0 Å². The zero-order valence-electron chi connectivity index (χ0n) is 9.08. The molecule has 0 saturated heterocycles. The number of aliphatic hydroxyl groups excluding tert-OH is 1. The Balaban J connectivity index is 2.75. The summed E-state index contributed by atoms with van der Waals surface area (Å²) in [7, 11) is 1.56. The molecule has 0 saturated carbocycles. The van der Waals surface area contributed by atoms with Gasteiger partial charge in [-0.3, -0.25) is 0 Å². The second-order valence-corrected chi connectivity index (χ2v) is 3.05. The van der Waals surface area contributed by atoms with Crippen molar-refractivity contribution >= 4 is 6.03 Å². The lowest BCUT2D eigenvalue weighted by atomic mass is 10.1. The maximum Gasteiger partial charge on any atom is 0.314 e. The lowest BCUT2D eigenvalue weighted by Crippen LogP contribution is -2.32. The molecule has 1 rings (SSSR count). The standard InChI is InChI=1S/C12H14N2O2/c1-13-12(16)14-9-11-6-3-2-5-10(11)7-4-8-15/h2-3,5-6,15H,8-9H2,1H3,(H2,13,14,16). The van der Waals surface area contributed by atoms with E-state index in [0.29, 0.717) is 6.54 Å². The first kappa shape index (κ1) is 12.1. The molecule has 0 aliphatic rings. The monoisotopic (exact) mass is 218 g/mol. The normalized spacial score (nSPS) is 8.88. The second-order valence-electron chi connectivity index (χ2n) is 3.05. The molecule has 0 aromatic heterocycles. The van der Waals surface area contributed by atoms with E-state index in [4.69, 9.17) is 5.11 Å². The lowest BCUT2D eigenvalue weighted by Gasteiger charge is -2.06. The van der Waals surface area contributed by atoms with Crippen LogP contribution >= 0.6 is 0 Å². The number of rotatable bonds is 2. The van der Waals surface area contributed by atoms with Gasteiger partial charge in [0.1, 0.15) is 6.61 Å². The van der Waals surface area contributed by atoms with Gasteiger partial charge in [-0.05, 0) is 11.6 Å². The molecule has 0 spiro atoms. The highest BCUT2D eigenvalue weighted by atomic mass is 16.2. The number of carbonyl (C=O) groups excluding carboxylic acids is 1. The number of amides is 2. The summed E-state index contributed by atoms with van der Waals surface area (Å²) in [5.74, 6) is 5.42. The van der Waals surface area contributed by atoms with E-state index in [0.717, 1.165) is 11.1 Å². The highest BCUT2D eigenvalue weighted by Gasteiger charge is 2.00. The third-order valence-electron chi connectivity index (χ3n) is 1.99. The molecule has 4 heteroatoms. The van der Waals surface area contributed by atoms with Crippen molar-refractivity contribution in [3.63, 3.8) is 0 Å². The fraction of sp³-hybridized carbons (Fsp3) is 0.250. The van der Waals surface area contributed by atoms with Crippen LogP contribution in [0, 0.1) is 11.8 Å². The van der Waals surface area contributed by atoms with Crippen LogP contribution in [0.15, 0.2) is 24.3 Å². The number of hydrogen-bond donors (Lipinski definition) is 3. The first-order valence-corrected chi connectivity index (χ1v) is 4.91. The van der Waals surface area contributed by atoms with Crippen LogP contribution in [0.5, 0.6) is 0 Å². The van der Waals surface area contributed by atoms with Gasteiger partial charge in [-0.25, -0.2) is 4.79 Å². The molecule has 16 heavy (non-hydrogen) atoms. The number of carbonyl (C=O) groups is 1. The Morgan fingerprint density at radius 1 is 1.44 bits per heavy atom. The molecular formula is C12H14N2O2. The second kappa shape index (κ2) is 6.49. The summed E-state index contributed by atoms with van der Waals surface area (Å²) in [6.45, 7) is 0.243. The van der Waals surface area contributed by atoms with Gasteiger partial charge >= 0.3 is 6.03 Å². The van der Waals surface area contributed by atoms with E-state index >= 15 is 0 Å². The smallest absolute Gasteiger partial charge is 0.314 e. The highest BCUT2D eigenvalue weighted by molar-refractivity contribution is 5.73. The number of urea groups is 1. The van der Waals surface area contributed by atoms with Gasteiger partial charge in [-0.1, -0.05) is 30.0 Å². The van der Waals surface area contributed by atoms with Gasteiger partial charge in [0.15, 0.2) is 0 Å². The van der Waals surface area contributed by atoms with Crippen LogP contribution < -0.4 is 10.6 Å². The summed E-state index contributed by atoms with van der Waals surface area (Å²) >= 11 is 0. The van der Waals surface area contributed by atoms with Crippen molar-refractivity contribution in [1.29, 1.82) is 0 Å². The van der Waals surface area contributed by atoms with Crippen molar-refractivity contribution in [1.82, 2.24) is 10.6 Å². The molecule has 4 nitrogen and oxygen atoms in total. The predicted molar refractivity (Wildman–Crippen MR) is 61.7 cm³/mol. The van der Waals surface area contributed by atoms with Crippen LogP contribution in [0.4, 0.5) is 4.79 Å². The van der Waals surface area contributed by atoms with Gasteiger partial charge in [0.25, 0.3) is 0 Å². The van der Waals surface area contributed by atoms with E-state index < -0.39 is 0 Å². The van der Waals surface area contributed by atoms with Crippen molar-refractivity contribution in [3.8, 4) is 11.8 Å². The predicted octanol–water partition coefficient (Wildman–Crippen LogP) is 0.459. The Labute approximate surface area is 94.7 Å². The van der Waals surface area contributed by atoms with Gasteiger partial charge in [0, 0.05) is 19.2 Å². The number of aliphatic hydroxyl groups is 1. The van der Waals surface area contributed by atoms with E-state index in [2.05, 4.69) is 22.5 Å². The van der Waals surface area contributed by atoms with E-state index in [9.17, 15) is 4.79 Å². The summed E-state index contributed by atoms with van der Waals surface area (Å²) < 4.78 is 0. The topological polar surface area (TPSA) is 61.4 Å². The molecule has 0 fully saturated rings. The Morgan fingerprint density at radius 3 is 2.88 bits per heavy atom. The van der Waals surface area contributed by atoms with E-state index in [-0.39, 0.29) is 12.6 Å². The maximum absolute atomic E-state index is 11.0. The minimum Gasteiger partial charge on any atom is -0.384 e. The summed E-state index contributed by atoms with van der Waals surface area (Å²) in [4.78, 5) is 11.0. The van der Waals surface area contributed by atoms with Crippen LogP contribution in [-0.4, -0.2) is 24.8 Å². The first-order chi connectivity index (χ1) is 7.77. The van der Waals surface area contributed by atoms with Crippen LogP contribution in [-0.2, 0) is 6.54 Å². The molecule has 1 aromatic carbocycles. The molecule has 3 N–H and O–H groups in total. The largest absolute Gasteiger partial charge is 0.384 e.